The van der Waals surface area contributed by atoms with Gasteiger partial charge in [0.2, 0.25) is 0 Å². The van der Waals surface area contributed by atoms with E-state index >= 15 is 0 Å². The van der Waals surface area contributed by atoms with Crippen LogP contribution in [-0.2, 0) is 0 Å². The fraction of sp³-hybridized carbons (Fsp3) is 0.0312. The fourth-order valence-corrected chi connectivity index (χ4v) is 5.15. The number of rotatable bonds is 4. The lowest BCUT2D eigenvalue weighted by atomic mass is 10.0. The highest BCUT2D eigenvalue weighted by molar-refractivity contribution is 5.87. The first kappa shape index (κ1) is 20.5. The van der Waals surface area contributed by atoms with Crippen molar-refractivity contribution in [3.8, 4) is 11.4 Å². The van der Waals surface area contributed by atoms with Crippen molar-refractivity contribution in [2.45, 2.75) is 6.17 Å². The van der Waals surface area contributed by atoms with E-state index in [1.807, 2.05) is 6.07 Å². The van der Waals surface area contributed by atoms with E-state index in [1.165, 1.54) is 5.56 Å². The smallest absolute Gasteiger partial charge is 0.145 e. The Morgan fingerprint density at radius 2 is 1.17 bits per heavy atom. The van der Waals surface area contributed by atoms with E-state index < -0.39 is 0 Å². The number of hydrogen-bond acceptors (Lipinski definition) is 3. The third-order valence-electron chi connectivity index (χ3n) is 6.81. The highest BCUT2D eigenvalue weighted by Crippen LogP contribution is 2.41. The van der Waals surface area contributed by atoms with Crippen molar-refractivity contribution in [3.63, 3.8) is 0 Å². The van der Waals surface area contributed by atoms with Crippen LogP contribution in [0.4, 0.5) is 22.7 Å². The van der Waals surface area contributed by atoms with Gasteiger partial charge in [0.25, 0.3) is 0 Å². The molecule has 0 radical (unpaired) electrons. The summed E-state index contributed by atoms with van der Waals surface area (Å²) in [6.45, 7) is 0. The van der Waals surface area contributed by atoms with Crippen LogP contribution >= 0.6 is 0 Å². The van der Waals surface area contributed by atoms with Crippen LogP contribution in [0.25, 0.3) is 22.4 Å². The van der Waals surface area contributed by atoms with Crippen LogP contribution < -0.4 is 10.2 Å². The van der Waals surface area contributed by atoms with Crippen molar-refractivity contribution in [3.05, 3.63) is 139 Å². The molecule has 172 valence electrons. The summed E-state index contributed by atoms with van der Waals surface area (Å²) in [6, 6.07) is 46.6. The number of benzene rings is 5. The first-order valence-corrected chi connectivity index (χ1v) is 12.2. The van der Waals surface area contributed by atoms with Crippen LogP contribution in [0.2, 0.25) is 0 Å². The van der Waals surface area contributed by atoms with Gasteiger partial charge in [0.1, 0.15) is 12.0 Å². The topological polar surface area (TPSA) is 33.1 Å². The van der Waals surface area contributed by atoms with Gasteiger partial charge in [-0.05, 0) is 66.2 Å². The Labute approximate surface area is 210 Å². The predicted molar refractivity (Wildman–Crippen MR) is 148 cm³/mol. The molecule has 36 heavy (non-hydrogen) atoms. The van der Waals surface area contributed by atoms with Gasteiger partial charge in [-0.25, -0.2) is 4.98 Å². The van der Waals surface area contributed by atoms with Gasteiger partial charge < -0.3 is 10.2 Å². The summed E-state index contributed by atoms with van der Waals surface area (Å²) < 4.78 is 2.32. The van der Waals surface area contributed by atoms with Crippen molar-refractivity contribution in [2.75, 3.05) is 10.2 Å². The van der Waals surface area contributed by atoms with E-state index in [0.717, 1.165) is 45.2 Å². The van der Waals surface area contributed by atoms with Gasteiger partial charge in [0.05, 0.1) is 11.0 Å². The number of fused-ring (bicyclic) bond motifs is 5. The minimum absolute atomic E-state index is 0.0572. The summed E-state index contributed by atoms with van der Waals surface area (Å²) in [5.74, 6) is 0.995. The fourth-order valence-electron chi connectivity index (χ4n) is 5.15. The Hall–Kier alpha value is -4.83. The van der Waals surface area contributed by atoms with Crippen molar-refractivity contribution in [1.29, 1.82) is 0 Å². The molecule has 1 atom stereocenters. The van der Waals surface area contributed by atoms with Crippen molar-refractivity contribution < 1.29 is 0 Å². The summed E-state index contributed by atoms with van der Waals surface area (Å²) in [5.41, 5.74) is 8.91. The predicted octanol–water partition coefficient (Wildman–Crippen LogP) is 8.15. The zero-order valence-corrected chi connectivity index (χ0v) is 19.6. The van der Waals surface area contributed by atoms with Gasteiger partial charge in [-0.1, -0.05) is 72.8 Å². The molecular formula is C32H24N4. The lowest BCUT2D eigenvalue weighted by molar-refractivity contribution is 0.669. The van der Waals surface area contributed by atoms with Gasteiger partial charge in [0, 0.05) is 28.3 Å². The summed E-state index contributed by atoms with van der Waals surface area (Å²) in [5, 5.41) is 3.77. The molecule has 0 saturated heterocycles. The number of nitrogens with zero attached hydrogens (tertiary/aromatic N) is 3. The quantitative estimate of drug-likeness (QED) is 0.286. The molecular weight excluding hydrogens is 440 g/mol. The highest BCUT2D eigenvalue weighted by atomic mass is 15.2. The van der Waals surface area contributed by atoms with Gasteiger partial charge >= 0.3 is 0 Å². The van der Waals surface area contributed by atoms with Crippen LogP contribution in [0.3, 0.4) is 0 Å². The maximum Gasteiger partial charge on any atom is 0.145 e. The molecule has 2 heterocycles. The van der Waals surface area contributed by atoms with E-state index in [-0.39, 0.29) is 6.17 Å². The molecule has 0 unspecified atom stereocenters. The Bertz CT molecular complexity index is 1610. The second-order valence-corrected chi connectivity index (χ2v) is 8.98. The minimum atomic E-state index is -0.0572. The summed E-state index contributed by atoms with van der Waals surface area (Å²) in [7, 11) is 0. The Morgan fingerprint density at radius 1 is 0.583 bits per heavy atom. The van der Waals surface area contributed by atoms with Gasteiger partial charge in [0.15, 0.2) is 0 Å². The van der Waals surface area contributed by atoms with Crippen LogP contribution in [0, 0.1) is 0 Å². The highest BCUT2D eigenvalue weighted by Gasteiger charge is 2.28. The normalized spacial score (nSPS) is 14.1. The second kappa shape index (κ2) is 8.43. The zero-order valence-electron chi connectivity index (χ0n) is 19.6. The van der Waals surface area contributed by atoms with Crippen molar-refractivity contribution in [2.24, 2.45) is 0 Å². The largest absolute Gasteiger partial charge is 0.361 e. The first-order chi connectivity index (χ1) is 17.9. The lowest BCUT2D eigenvalue weighted by Gasteiger charge is -2.31. The number of hydrogen-bond donors (Lipinski definition) is 1. The molecule has 7 rings (SSSR count). The Balaban J connectivity index is 1.34. The molecule has 1 aliphatic heterocycles. The third-order valence-corrected chi connectivity index (χ3v) is 6.81. The molecule has 1 aliphatic rings. The van der Waals surface area contributed by atoms with Crippen LogP contribution in [0.5, 0.6) is 0 Å². The Morgan fingerprint density at radius 3 is 1.89 bits per heavy atom. The molecule has 5 aromatic carbocycles. The summed E-state index contributed by atoms with van der Waals surface area (Å²) >= 11 is 0. The van der Waals surface area contributed by atoms with Crippen LogP contribution in [0.15, 0.2) is 133 Å². The van der Waals surface area contributed by atoms with Crippen LogP contribution in [-0.4, -0.2) is 9.55 Å². The number of imidazole rings is 1. The standard InChI is InChI=1S/C32H24N4/c1-3-11-24(12-4-1)35(25-13-5-2-6-14-25)26-21-19-23(20-22-26)31-33-28-16-8-7-15-27(28)32-34-29-17-9-10-18-30(29)36(31)32/h1-22,31,33H/t31-/m1/s1. The van der Waals surface area contributed by atoms with E-state index in [2.05, 4.69) is 142 Å². The monoisotopic (exact) mass is 464 g/mol. The van der Waals surface area contributed by atoms with Gasteiger partial charge in [-0.15, -0.1) is 0 Å². The van der Waals surface area contributed by atoms with Gasteiger partial charge in [-0.2, -0.15) is 0 Å². The number of nitrogens with one attached hydrogen (secondary N) is 1. The summed E-state index contributed by atoms with van der Waals surface area (Å²) in [6.07, 6.45) is -0.0572. The average molecular weight is 465 g/mol. The maximum atomic E-state index is 5.01. The number of para-hydroxylation sites is 5. The molecule has 1 N–H and O–H groups in total. The molecule has 0 aliphatic carbocycles. The van der Waals surface area contributed by atoms with E-state index in [4.69, 9.17) is 4.98 Å². The minimum Gasteiger partial charge on any atom is -0.361 e. The van der Waals surface area contributed by atoms with E-state index in [0.29, 0.717) is 0 Å². The summed E-state index contributed by atoms with van der Waals surface area (Å²) in [4.78, 5) is 7.29. The molecule has 0 fully saturated rings. The second-order valence-electron chi connectivity index (χ2n) is 8.98. The number of aromatic nitrogens is 2. The molecule has 4 nitrogen and oxygen atoms in total. The molecule has 6 aromatic rings. The Kier molecular flexibility index (Phi) is 4.81. The molecule has 0 spiro atoms. The lowest BCUT2D eigenvalue weighted by Crippen LogP contribution is -2.24. The van der Waals surface area contributed by atoms with Crippen molar-refractivity contribution >= 4 is 33.8 Å². The van der Waals surface area contributed by atoms with E-state index in [9.17, 15) is 0 Å². The molecule has 0 saturated carbocycles. The molecule has 0 amide bonds. The first-order valence-electron chi connectivity index (χ1n) is 12.2. The molecule has 4 heteroatoms. The molecule has 0 bridgehead atoms. The van der Waals surface area contributed by atoms with Crippen LogP contribution in [0.1, 0.15) is 11.7 Å². The third kappa shape index (κ3) is 3.35. The SMILES string of the molecule is c1ccc(N(c2ccccc2)c2ccc([C@@H]3Nc4ccccc4-c4nc5ccccc5n43)cc2)cc1. The van der Waals surface area contributed by atoms with Crippen molar-refractivity contribution in [1.82, 2.24) is 9.55 Å². The zero-order chi connectivity index (χ0) is 23.9. The molecule has 1 aromatic heterocycles. The number of anilines is 4. The van der Waals surface area contributed by atoms with E-state index in [1.54, 1.807) is 0 Å². The maximum absolute atomic E-state index is 5.01. The average Bonchev–Trinajstić information content (AvgIpc) is 3.35. The van der Waals surface area contributed by atoms with Gasteiger partial charge in [-0.3, -0.25) is 4.57 Å².